The number of benzene rings is 3. The maximum Gasteiger partial charge on any atom is 0.152 e. The minimum atomic E-state index is 0.276. The summed E-state index contributed by atoms with van der Waals surface area (Å²) in [5, 5.41) is 2.22. The fraction of sp³-hybridized carbons (Fsp3) is 0.344. The maximum absolute atomic E-state index is 6.41. The van der Waals surface area contributed by atoms with Crippen molar-refractivity contribution in [1.82, 2.24) is 9.80 Å². The van der Waals surface area contributed by atoms with Gasteiger partial charge in [-0.15, -0.1) is 0 Å². The van der Waals surface area contributed by atoms with Gasteiger partial charge in [0.2, 0.25) is 0 Å². The van der Waals surface area contributed by atoms with Gasteiger partial charge in [0.05, 0.1) is 12.8 Å². The highest BCUT2D eigenvalue weighted by Crippen LogP contribution is 2.30. The molecule has 0 spiro atoms. The third-order valence-corrected chi connectivity index (χ3v) is 7.99. The highest BCUT2D eigenvalue weighted by molar-refractivity contribution is 5.58. The summed E-state index contributed by atoms with van der Waals surface area (Å²) in [5.41, 5.74) is 5.06. The van der Waals surface area contributed by atoms with Crippen LogP contribution in [0.25, 0.3) is 6.08 Å². The summed E-state index contributed by atoms with van der Waals surface area (Å²) in [6.45, 7) is 8.57. The number of methoxy groups -OCH3 is 1. The van der Waals surface area contributed by atoms with Gasteiger partial charge in [-0.25, -0.2) is 0 Å². The summed E-state index contributed by atoms with van der Waals surface area (Å²) < 4.78 is 12.0. The lowest BCUT2D eigenvalue weighted by molar-refractivity contribution is 0.0603. The highest BCUT2D eigenvalue weighted by Gasteiger charge is 2.26. The molecule has 0 saturated carbocycles. The van der Waals surface area contributed by atoms with Crippen molar-refractivity contribution in [3.63, 3.8) is 0 Å². The number of fused-ring (bicyclic) bond motifs is 3. The molecule has 0 aliphatic carbocycles. The predicted octanol–water partition coefficient (Wildman–Crippen LogP) is 4.25. The molecule has 0 radical (unpaired) electrons. The van der Waals surface area contributed by atoms with E-state index in [2.05, 4.69) is 82.3 Å². The lowest BCUT2D eigenvalue weighted by Crippen LogP contribution is -2.47. The predicted molar refractivity (Wildman–Crippen MR) is 152 cm³/mol. The van der Waals surface area contributed by atoms with Crippen LogP contribution in [-0.2, 0) is 13.1 Å². The van der Waals surface area contributed by atoms with Gasteiger partial charge in [0, 0.05) is 62.3 Å². The molecule has 6 nitrogen and oxygen atoms in total. The van der Waals surface area contributed by atoms with Crippen LogP contribution in [0.4, 0.5) is 5.69 Å². The number of para-hydroxylation sites is 2. The summed E-state index contributed by atoms with van der Waals surface area (Å²) in [6, 6.07) is 21.7. The second-order valence-electron chi connectivity index (χ2n) is 10.3. The van der Waals surface area contributed by atoms with Crippen LogP contribution in [0.5, 0.6) is 11.5 Å². The van der Waals surface area contributed by atoms with E-state index in [0.717, 1.165) is 62.5 Å². The molecule has 1 unspecified atom stereocenters. The molecule has 3 aromatic carbocycles. The van der Waals surface area contributed by atoms with Gasteiger partial charge in [0.25, 0.3) is 0 Å². The Balaban J connectivity index is 1.24. The molecule has 1 fully saturated rings. The number of piperazine rings is 1. The van der Waals surface area contributed by atoms with Crippen molar-refractivity contribution in [3.8, 4) is 11.5 Å². The number of hydrogen-bond acceptors (Lipinski definition) is 6. The van der Waals surface area contributed by atoms with Crippen LogP contribution in [0, 0.1) is 0 Å². The van der Waals surface area contributed by atoms with Crippen LogP contribution in [-0.4, -0.2) is 49.8 Å². The average molecular weight is 509 g/mol. The smallest absolute Gasteiger partial charge is 0.152 e. The molecule has 6 rings (SSSR count). The van der Waals surface area contributed by atoms with E-state index in [1.54, 1.807) is 7.11 Å². The summed E-state index contributed by atoms with van der Waals surface area (Å²) in [4.78, 5) is 12.3. The minimum Gasteiger partial charge on any atom is -0.495 e. The van der Waals surface area contributed by atoms with Gasteiger partial charge in [0.1, 0.15) is 17.8 Å². The molecule has 0 aromatic heterocycles. The maximum atomic E-state index is 6.41. The normalized spacial score (nSPS) is 18.3. The quantitative estimate of drug-likeness (QED) is 0.498. The summed E-state index contributed by atoms with van der Waals surface area (Å²) in [5.74, 6) is 1.89. The zero-order chi connectivity index (χ0) is 25.9. The fourth-order valence-electron chi connectivity index (χ4n) is 5.80. The molecule has 1 saturated heterocycles. The first kappa shape index (κ1) is 24.7. The van der Waals surface area contributed by atoms with Gasteiger partial charge >= 0.3 is 0 Å². The Kier molecular flexibility index (Phi) is 7.16. The number of rotatable bonds is 6. The minimum absolute atomic E-state index is 0.276. The second kappa shape index (κ2) is 11.0. The molecule has 0 bridgehead atoms. The van der Waals surface area contributed by atoms with E-state index in [9.17, 15) is 0 Å². The van der Waals surface area contributed by atoms with Crippen molar-refractivity contribution in [2.75, 3.05) is 44.9 Å². The first-order valence-electron chi connectivity index (χ1n) is 13.6. The Morgan fingerprint density at radius 1 is 1.00 bits per heavy atom. The van der Waals surface area contributed by atoms with E-state index in [1.807, 2.05) is 18.3 Å². The fourth-order valence-corrected chi connectivity index (χ4v) is 5.80. The Labute approximate surface area is 225 Å². The second-order valence-corrected chi connectivity index (χ2v) is 10.3. The molecule has 3 aromatic rings. The van der Waals surface area contributed by atoms with Gasteiger partial charge < -0.3 is 14.4 Å². The number of ether oxygens (including phenoxy) is 2. The van der Waals surface area contributed by atoms with Crippen molar-refractivity contribution in [2.24, 2.45) is 4.99 Å². The molecule has 6 heteroatoms. The lowest BCUT2D eigenvalue weighted by Gasteiger charge is -2.37. The number of anilines is 1. The highest BCUT2D eigenvalue weighted by atomic mass is 16.5. The van der Waals surface area contributed by atoms with E-state index in [-0.39, 0.29) is 6.04 Å². The summed E-state index contributed by atoms with van der Waals surface area (Å²) >= 11 is 0. The zero-order valence-corrected chi connectivity index (χ0v) is 22.3. The first-order chi connectivity index (χ1) is 18.7. The Bertz CT molecular complexity index is 1430. The number of nitrogens with zero attached hydrogens (tertiary/aromatic N) is 4. The van der Waals surface area contributed by atoms with Crippen LogP contribution < -0.4 is 24.9 Å². The molecule has 0 amide bonds. The monoisotopic (exact) mass is 508 g/mol. The van der Waals surface area contributed by atoms with Crippen LogP contribution in [0.15, 0.2) is 77.9 Å². The van der Waals surface area contributed by atoms with Crippen molar-refractivity contribution >= 4 is 11.8 Å². The van der Waals surface area contributed by atoms with Gasteiger partial charge in [-0.3, -0.25) is 14.8 Å². The molecular formula is C32H36N4O2. The van der Waals surface area contributed by atoms with E-state index >= 15 is 0 Å². The van der Waals surface area contributed by atoms with E-state index in [1.165, 1.54) is 27.6 Å². The van der Waals surface area contributed by atoms with Crippen LogP contribution in [0.3, 0.4) is 0 Å². The molecule has 196 valence electrons. The van der Waals surface area contributed by atoms with Crippen LogP contribution >= 0.6 is 0 Å². The summed E-state index contributed by atoms with van der Waals surface area (Å²) in [7, 11) is 1.75. The zero-order valence-electron chi connectivity index (χ0n) is 22.3. The van der Waals surface area contributed by atoms with E-state index in [4.69, 9.17) is 14.5 Å². The molecule has 3 aliphatic rings. The molecular weight excluding hydrogens is 472 g/mol. The van der Waals surface area contributed by atoms with E-state index < -0.39 is 0 Å². The van der Waals surface area contributed by atoms with Gasteiger partial charge in [-0.1, -0.05) is 54.6 Å². The average Bonchev–Trinajstić information content (AvgIpc) is 3.24. The third-order valence-electron chi connectivity index (χ3n) is 7.99. The van der Waals surface area contributed by atoms with E-state index in [0.29, 0.717) is 6.73 Å². The number of allylic oxidation sites excluding steroid dienone is 1. The molecule has 3 aliphatic heterocycles. The summed E-state index contributed by atoms with van der Waals surface area (Å²) in [6.07, 6.45) is 7.25. The van der Waals surface area contributed by atoms with Gasteiger partial charge in [0.15, 0.2) is 5.75 Å². The standard InChI is InChI=1S/C32H36N4O2/c1-24(25-10-4-3-5-11-25)36-22-27-20-26(28-12-8-9-15-33-31(28)32(27)38-23-36)21-34-16-18-35(19-17-34)29-13-6-7-14-30(29)37-2/h3-7,9-15,20,24H,8,16-19,21-23H2,1-2H3. The first-order valence-corrected chi connectivity index (χ1v) is 13.6. The lowest BCUT2D eigenvalue weighted by atomic mass is 10.0. The Morgan fingerprint density at radius 3 is 2.61 bits per heavy atom. The SMILES string of the molecule is COc1ccccc1N1CCN(Cc2cc3c(c4c2=CCC=CN=4)OCN(C(C)c2ccccc2)C3)CC1. The Hall–Kier alpha value is -3.61. The van der Waals surface area contributed by atoms with Gasteiger partial charge in [-0.05, 0) is 42.7 Å². The topological polar surface area (TPSA) is 40.5 Å². The third kappa shape index (κ3) is 4.94. The van der Waals surface area contributed by atoms with Crippen LogP contribution in [0.2, 0.25) is 0 Å². The largest absolute Gasteiger partial charge is 0.495 e. The molecule has 3 heterocycles. The van der Waals surface area contributed by atoms with Crippen molar-refractivity contribution in [2.45, 2.75) is 32.5 Å². The van der Waals surface area contributed by atoms with Gasteiger partial charge in [-0.2, -0.15) is 0 Å². The molecule has 0 N–H and O–H groups in total. The molecule has 1 atom stereocenters. The van der Waals surface area contributed by atoms with Crippen molar-refractivity contribution < 1.29 is 9.47 Å². The Morgan fingerprint density at radius 2 is 1.79 bits per heavy atom. The van der Waals surface area contributed by atoms with Crippen molar-refractivity contribution in [3.05, 3.63) is 100 Å². The van der Waals surface area contributed by atoms with Crippen LogP contribution in [0.1, 0.15) is 36.1 Å². The number of hydrogen-bond donors (Lipinski definition) is 0. The molecule has 38 heavy (non-hydrogen) atoms. The van der Waals surface area contributed by atoms with Crippen molar-refractivity contribution in [1.29, 1.82) is 0 Å².